The Kier molecular flexibility index (Phi) is 6.44. The molecule has 5 nitrogen and oxygen atoms in total. The summed E-state index contributed by atoms with van der Waals surface area (Å²) >= 11 is 0. The number of halogens is 3. The largest absolute Gasteiger partial charge is 0.487 e. The van der Waals surface area contributed by atoms with Crippen molar-refractivity contribution in [2.75, 3.05) is 14.1 Å². The van der Waals surface area contributed by atoms with Gasteiger partial charge in [0.1, 0.15) is 17.6 Å². The van der Waals surface area contributed by atoms with Gasteiger partial charge in [0.25, 0.3) is 0 Å². The van der Waals surface area contributed by atoms with Crippen LogP contribution in [0.5, 0.6) is 17.4 Å². The van der Waals surface area contributed by atoms with E-state index in [1.54, 1.807) is 51.4 Å². The summed E-state index contributed by atoms with van der Waals surface area (Å²) in [5.74, 6) is 0.867. The molecule has 0 aliphatic carbocycles. The Bertz CT molecular complexity index is 785. The number of carbonyl (C=O) groups is 1. The minimum absolute atomic E-state index is 0.0511. The first kappa shape index (κ1) is 20.3. The molecule has 0 fully saturated rings. The molecule has 1 aromatic carbocycles. The Labute approximate surface area is 155 Å². The molecule has 1 atom stereocenters. The van der Waals surface area contributed by atoms with E-state index in [0.717, 1.165) is 18.3 Å². The molecule has 0 spiro atoms. The van der Waals surface area contributed by atoms with E-state index in [-0.39, 0.29) is 17.9 Å². The summed E-state index contributed by atoms with van der Waals surface area (Å²) in [5, 5.41) is 0. The molecule has 1 aromatic heterocycles. The van der Waals surface area contributed by atoms with Crippen LogP contribution in [0.3, 0.4) is 0 Å². The van der Waals surface area contributed by atoms with Gasteiger partial charge >= 0.3 is 6.18 Å². The van der Waals surface area contributed by atoms with Crippen molar-refractivity contribution < 1.29 is 27.4 Å². The minimum atomic E-state index is -4.44. The predicted molar refractivity (Wildman–Crippen MR) is 93.7 cm³/mol. The second kappa shape index (κ2) is 8.57. The van der Waals surface area contributed by atoms with Crippen LogP contribution in [-0.4, -0.2) is 36.0 Å². The quantitative estimate of drug-likeness (QED) is 0.701. The van der Waals surface area contributed by atoms with Crippen LogP contribution in [0.25, 0.3) is 0 Å². The molecule has 0 aliphatic rings. The van der Waals surface area contributed by atoms with Gasteiger partial charge in [-0.3, -0.25) is 4.79 Å². The first-order chi connectivity index (χ1) is 12.6. The molecule has 0 saturated carbocycles. The molecular weight excluding hydrogens is 361 g/mol. The van der Waals surface area contributed by atoms with E-state index in [2.05, 4.69) is 4.98 Å². The molecule has 0 aliphatic heterocycles. The van der Waals surface area contributed by atoms with E-state index in [1.807, 2.05) is 0 Å². The summed E-state index contributed by atoms with van der Waals surface area (Å²) in [6.07, 6.45) is -0.975. The number of ether oxygens (including phenoxy) is 2. The zero-order valence-electron chi connectivity index (χ0n) is 15.0. The average molecular weight is 380 g/mol. The molecule has 27 heavy (non-hydrogen) atoms. The smallest absolute Gasteiger partial charge is 0.417 e. The third-order valence-corrected chi connectivity index (χ3v) is 3.38. The molecule has 0 N–H and O–H groups in total. The van der Waals surface area contributed by atoms with Gasteiger partial charge in [-0.25, -0.2) is 4.98 Å². The van der Waals surface area contributed by atoms with Crippen molar-refractivity contribution in [3.05, 3.63) is 60.3 Å². The summed E-state index contributed by atoms with van der Waals surface area (Å²) in [4.78, 5) is 16.6. The number of alkyl halides is 3. The number of pyridine rings is 1. The summed E-state index contributed by atoms with van der Waals surface area (Å²) in [5.41, 5.74) is -0.839. The SMILES string of the molecule is CC(C=CC(=O)N(C)C)Oc1ccc(Oc2ccc(C(F)(F)F)cn2)cc1. The Morgan fingerprint density at radius 2 is 1.74 bits per heavy atom. The van der Waals surface area contributed by atoms with Gasteiger partial charge in [0.2, 0.25) is 11.8 Å². The fourth-order valence-electron chi connectivity index (χ4n) is 1.94. The van der Waals surface area contributed by atoms with Crippen molar-refractivity contribution in [2.24, 2.45) is 0 Å². The fourth-order valence-corrected chi connectivity index (χ4v) is 1.94. The van der Waals surface area contributed by atoms with E-state index in [4.69, 9.17) is 9.47 Å². The number of benzene rings is 1. The monoisotopic (exact) mass is 380 g/mol. The van der Waals surface area contributed by atoms with Crippen LogP contribution in [0.1, 0.15) is 12.5 Å². The Morgan fingerprint density at radius 3 is 2.26 bits per heavy atom. The summed E-state index contributed by atoms with van der Waals surface area (Å²) in [6, 6.07) is 8.58. The highest BCUT2D eigenvalue weighted by molar-refractivity contribution is 5.87. The van der Waals surface area contributed by atoms with Crippen LogP contribution in [0.15, 0.2) is 54.7 Å². The topological polar surface area (TPSA) is 51.7 Å². The Balaban J connectivity index is 1.94. The highest BCUT2D eigenvalue weighted by atomic mass is 19.4. The molecular formula is C19H19F3N2O3. The lowest BCUT2D eigenvalue weighted by Crippen LogP contribution is -2.20. The molecule has 1 unspecified atom stereocenters. The van der Waals surface area contributed by atoms with Crippen LogP contribution in [0, 0.1) is 0 Å². The van der Waals surface area contributed by atoms with Gasteiger partial charge in [0.05, 0.1) is 5.56 Å². The fraction of sp³-hybridized carbons (Fsp3) is 0.263. The third kappa shape index (κ3) is 6.32. The molecule has 8 heteroatoms. The van der Waals surface area contributed by atoms with Crippen molar-refractivity contribution in [1.82, 2.24) is 9.88 Å². The maximum Gasteiger partial charge on any atom is 0.417 e. The minimum Gasteiger partial charge on any atom is -0.487 e. The van der Waals surface area contributed by atoms with Gasteiger partial charge in [-0.1, -0.05) is 0 Å². The first-order valence-electron chi connectivity index (χ1n) is 8.02. The number of nitrogens with zero attached hydrogens (tertiary/aromatic N) is 2. The molecule has 2 rings (SSSR count). The van der Waals surface area contributed by atoms with Gasteiger partial charge in [-0.2, -0.15) is 13.2 Å². The molecule has 0 radical (unpaired) electrons. The van der Waals surface area contributed by atoms with Gasteiger partial charge in [0, 0.05) is 32.4 Å². The maximum atomic E-state index is 12.5. The predicted octanol–water partition coefficient (Wildman–Crippen LogP) is 4.30. The molecule has 1 amide bonds. The molecule has 2 aromatic rings. The molecule has 0 bridgehead atoms. The van der Waals surface area contributed by atoms with Crippen molar-refractivity contribution >= 4 is 5.91 Å². The summed E-state index contributed by atoms with van der Waals surface area (Å²) in [7, 11) is 3.31. The van der Waals surface area contributed by atoms with Crippen molar-refractivity contribution in [2.45, 2.75) is 19.2 Å². The lowest BCUT2D eigenvalue weighted by molar-refractivity contribution is -0.137. The van der Waals surface area contributed by atoms with Crippen molar-refractivity contribution in [3.63, 3.8) is 0 Å². The summed E-state index contributed by atoms with van der Waals surface area (Å²) in [6.45, 7) is 1.79. The van der Waals surface area contributed by atoms with Crippen LogP contribution in [-0.2, 0) is 11.0 Å². The highest BCUT2D eigenvalue weighted by Gasteiger charge is 2.30. The zero-order chi connectivity index (χ0) is 20.0. The van der Waals surface area contributed by atoms with E-state index in [0.29, 0.717) is 11.5 Å². The van der Waals surface area contributed by atoms with Crippen LogP contribution >= 0.6 is 0 Å². The number of carbonyl (C=O) groups excluding carboxylic acids is 1. The number of likely N-dealkylation sites (N-methyl/N-ethyl adjacent to an activating group) is 1. The molecule has 0 saturated heterocycles. The lowest BCUT2D eigenvalue weighted by Gasteiger charge is -2.12. The highest BCUT2D eigenvalue weighted by Crippen LogP contribution is 2.30. The van der Waals surface area contributed by atoms with Gasteiger partial charge in [-0.05, 0) is 43.3 Å². The van der Waals surface area contributed by atoms with Gasteiger partial charge < -0.3 is 14.4 Å². The maximum absolute atomic E-state index is 12.5. The Hall–Kier alpha value is -3.03. The van der Waals surface area contributed by atoms with Crippen LogP contribution in [0.4, 0.5) is 13.2 Å². The van der Waals surface area contributed by atoms with E-state index < -0.39 is 11.7 Å². The lowest BCUT2D eigenvalue weighted by atomic mass is 10.3. The number of hydrogen-bond donors (Lipinski definition) is 0. The standard InChI is InChI=1S/C19H19F3N2O3/c1-13(4-11-18(25)24(2)3)26-15-6-8-16(9-7-15)27-17-10-5-14(12-23-17)19(20,21)22/h4-13H,1-3H3. The zero-order valence-corrected chi connectivity index (χ0v) is 15.0. The first-order valence-corrected chi connectivity index (χ1v) is 8.02. The second-order valence-electron chi connectivity index (χ2n) is 5.87. The number of hydrogen-bond acceptors (Lipinski definition) is 4. The second-order valence-corrected chi connectivity index (χ2v) is 5.87. The third-order valence-electron chi connectivity index (χ3n) is 3.38. The van der Waals surface area contributed by atoms with Crippen LogP contribution in [0.2, 0.25) is 0 Å². The van der Waals surface area contributed by atoms with E-state index >= 15 is 0 Å². The Morgan fingerprint density at radius 1 is 1.11 bits per heavy atom. The molecule has 144 valence electrons. The van der Waals surface area contributed by atoms with Gasteiger partial charge in [-0.15, -0.1) is 0 Å². The van der Waals surface area contributed by atoms with Crippen LogP contribution < -0.4 is 9.47 Å². The van der Waals surface area contributed by atoms with E-state index in [1.165, 1.54) is 11.0 Å². The van der Waals surface area contributed by atoms with Gasteiger partial charge in [0.15, 0.2) is 0 Å². The van der Waals surface area contributed by atoms with E-state index in [9.17, 15) is 18.0 Å². The number of aromatic nitrogens is 1. The van der Waals surface area contributed by atoms with Crippen molar-refractivity contribution in [1.29, 1.82) is 0 Å². The normalized spacial score (nSPS) is 12.7. The summed E-state index contributed by atoms with van der Waals surface area (Å²) < 4.78 is 48.6. The number of rotatable bonds is 6. The average Bonchev–Trinajstić information content (AvgIpc) is 2.61. The van der Waals surface area contributed by atoms with Crippen molar-refractivity contribution in [3.8, 4) is 17.4 Å². The molecule has 1 heterocycles. The number of amides is 1.